The molecule has 0 aliphatic heterocycles. The van der Waals surface area contributed by atoms with E-state index in [1.165, 1.54) is 22.6 Å². The van der Waals surface area contributed by atoms with Gasteiger partial charge < -0.3 is 9.47 Å². The zero-order chi connectivity index (χ0) is 15.6. The van der Waals surface area contributed by atoms with E-state index in [-0.39, 0.29) is 0 Å². The van der Waals surface area contributed by atoms with Gasteiger partial charge in [-0.1, -0.05) is 24.3 Å². The van der Waals surface area contributed by atoms with Crippen LogP contribution in [0.4, 0.5) is 0 Å². The molecule has 0 aromatic heterocycles. The Morgan fingerprint density at radius 3 is 1.50 bits per heavy atom. The summed E-state index contributed by atoms with van der Waals surface area (Å²) in [5, 5.41) is 0. The van der Waals surface area contributed by atoms with Crippen LogP contribution in [0.2, 0.25) is 0 Å². The molecule has 0 N–H and O–H groups in total. The quantitative estimate of drug-likeness (QED) is 0.453. The summed E-state index contributed by atoms with van der Waals surface area (Å²) in [6.07, 6.45) is 2.40. The first-order valence-corrected chi connectivity index (χ1v) is 9.34. The fourth-order valence-electron chi connectivity index (χ4n) is 2.04. The van der Waals surface area contributed by atoms with E-state index in [4.69, 9.17) is 9.47 Å². The highest BCUT2D eigenvalue weighted by Gasteiger charge is 2.03. The molecule has 0 atom stereocenters. The van der Waals surface area contributed by atoms with Gasteiger partial charge in [-0.05, 0) is 48.6 Å². The Morgan fingerprint density at radius 2 is 1.09 bits per heavy atom. The Kier molecular flexibility index (Phi) is 7.54. The van der Waals surface area contributed by atoms with E-state index in [9.17, 15) is 0 Å². The molecule has 0 fully saturated rings. The first-order valence-electron chi connectivity index (χ1n) is 7.37. The van der Waals surface area contributed by atoms with Gasteiger partial charge in [-0.2, -0.15) is 0 Å². The summed E-state index contributed by atoms with van der Waals surface area (Å²) < 4.78 is 10.7. The van der Waals surface area contributed by atoms with Gasteiger partial charge in [-0.3, -0.25) is 0 Å². The largest absolute Gasteiger partial charge is 0.496 e. The third-order valence-corrected chi connectivity index (χ3v) is 5.47. The number of thioether (sulfide) groups is 2. The number of rotatable bonds is 9. The molecule has 2 rings (SSSR count). The second-order valence-electron chi connectivity index (χ2n) is 4.71. The van der Waals surface area contributed by atoms with E-state index in [0.717, 1.165) is 23.0 Å². The summed E-state index contributed by atoms with van der Waals surface area (Å²) in [5.41, 5.74) is 0. The van der Waals surface area contributed by atoms with Crippen molar-refractivity contribution in [2.45, 2.75) is 22.6 Å². The summed E-state index contributed by atoms with van der Waals surface area (Å²) >= 11 is 3.73. The molecule has 0 saturated heterocycles. The smallest absolute Gasteiger partial charge is 0.132 e. The molecule has 0 aliphatic carbocycles. The zero-order valence-electron chi connectivity index (χ0n) is 13.1. The van der Waals surface area contributed by atoms with Crippen molar-refractivity contribution < 1.29 is 9.47 Å². The molecule has 0 unspecified atom stereocenters. The average molecular weight is 335 g/mol. The Labute approximate surface area is 141 Å². The lowest BCUT2D eigenvalue weighted by molar-refractivity contribution is 0.404. The highest BCUT2D eigenvalue weighted by molar-refractivity contribution is 7.99. The van der Waals surface area contributed by atoms with Crippen LogP contribution >= 0.6 is 23.5 Å². The Morgan fingerprint density at radius 1 is 0.682 bits per heavy atom. The van der Waals surface area contributed by atoms with Crippen molar-refractivity contribution in [2.24, 2.45) is 0 Å². The van der Waals surface area contributed by atoms with E-state index in [1.807, 2.05) is 47.8 Å². The molecule has 0 bridgehead atoms. The number of unbranched alkanes of at least 4 members (excludes halogenated alkanes) is 1. The first kappa shape index (κ1) is 17.1. The molecule has 22 heavy (non-hydrogen) atoms. The second-order valence-corrected chi connectivity index (χ2v) is 6.98. The Hall–Kier alpha value is -1.26. The molecular formula is C18H22O2S2. The van der Waals surface area contributed by atoms with Gasteiger partial charge >= 0.3 is 0 Å². The maximum absolute atomic E-state index is 5.37. The predicted octanol–water partition coefficient (Wildman–Crippen LogP) is 5.37. The third-order valence-electron chi connectivity index (χ3n) is 3.19. The summed E-state index contributed by atoms with van der Waals surface area (Å²) in [5.74, 6) is 4.17. The molecule has 118 valence electrons. The second kappa shape index (κ2) is 9.70. The number of para-hydroxylation sites is 2. The van der Waals surface area contributed by atoms with E-state index in [0.29, 0.717) is 0 Å². The topological polar surface area (TPSA) is 18.5 Å². The SMILES string of the molecule is COc1ccccc1SCCCCSc1ccccc1OC. The van der Waals surface area contributed by atoms with Gasteiger partial charge in [0.05, 0.1) is 14.2 Å². The Balaban J connectivity index is 1.67. The van der Waals surface area contributed by atoms with Crippen molar-refractivity contribution in [1.29, 1.82) is 0 Å². The van der Waals surface area contributed by atoms with Crippen LogP contribution in [0.5, 0.6) is 11.5 Å². The van der Waals surface area contributed by atoms with Crippen molar-refractivity contribution in [3.8, 4) is 11.5 Å². The van der Waals surface area contributed by atoms with E-state index in [1.54, 1.807) is 14.2 Å². The number of methoxy groups -OCH3 is 2. The molecule has 0 aliphatic rings. The van der Waals surface area contributed by atoms with Crippen LogP contribution in [-0.2, 0) is 0 Å². The molecule has 2 aromatic rings. The minimum Gasteiger partial charge on any atom is -0.496 e. The molecular weight excluding hydrogens is 312 g/mol. The van der Waals surface area contributed by atoms with Crippen LogP contribution < -0.4 is 9.47 Å². The maximum atomic E-state index is 5.37. The van der Waals surface area contributed by atoms with Crippen molar-refractivity contribution in [3.05, 3.63) is 48.5 Å². The van der Waals surface area contributed by atoms with E-state index < -0.39 is 0 Å². The number of hydrogen-bond acceptors (Lipinski definition) is 4. The minimum atomic E-state index is 0.968. The number of ether oxygens (including phenoxy) is 2. The van der Waals surface area contributed by atoms with Gasteiger partial charge in [-0.25, -0.2) is 0 Å². The molecule has 0 amide bonds. The minimum absolute atomic E-state index is 0.968. The van der Waals surface area contributed by atoms with Crippen LogP contribution in [0.25, 0.3) is 0 Å². The monoisotopic (exact) mass is 334 g/mol. The molecule has 0 radical (unpaired) electrons. The molecule has 4 heteroatoms. The van der Waals surface area contributed by atoms with Crippen LogP contribution in [0, 0.1) is 0 Å². The molecule has 0 saturated carbocycles. The van der Waals surface area contributed by atoms with Crippen LogP contribution in [0.3, 0.4) is 0 Å². The Bertz CT molecular complexity index is 521. The summed E-state index contributed by atoms with van der Waals surface area (Å²) in [6.45, 7) is 0. The normalized spacial score (nSPS) is 10.5. The van der Waals surface area contributed by atoms with E-state index in [2.05, 4.69) is 24.3 Å². The number of benzene rings is 2. The van der Waals surface area contributed by atoms with Crippen molar-refractivity contribution in [1.82, 2.24) is 0 Å². The first-order chi connectivity index (χ1) is 10.8. The van der Waals surface area contributed by atoms with Gasteiger partial charge in [-0.15, -0.1) is 23.5 Å². The molecule has 2 nitrogen and oxygen atoms in total. The maximum Gasteiger partial charge on any atom is 0.132 e. The lowest BCUT2D eigenvalue weighted by Gasteiger charge is -2.08. The van der Waals surface area contributed by atoms with Crippen LogP contribution in [0.15, 0.2) is 58.3 Å². The van der Waals surface area contributed by atoms with Crippen molar-refractivity contribution in [3.63, 3.8) is 0 Å². The predicted molar refractivity (Wildman–Crippen MR) is 96.7 cm³/mol. The van der Waals surface area contributed by atoms with Crippen molar-refractivity contribution >= 4 is 23.5 Å². The number of hydrogen-bond donors (Lipinski definition) is 0. The van der Waals surface area contributed by atoms with Gasteiger partial charge in [0.1, 0.15) is 11.5 Å². The van der Waals surface area contributed by atoms with Crippen LogP contribution in [0.1, 0.15) is 12.8 Å². The van der Waals surface area contributed by atoms with Crippen molar-refractivity contribution in [2.75, 3.05) is 25.7 Å². The van der Waals surface area contributed by atoms with Gasteiger partial charge in [0.25, 0.3) is 0 Å². The molecule has 2 aromatic carbocycles. The average Bonchev–Trinajstić information content (AvgIpc) is 2.58. The fraction of sp³-hybridized carbons (Fsp3) is 0.333. The zero-order valence-corrected chi connectivity index (χ0v) is 14.7. The summed E-state index contributed by atoms with van der Waals surface area (Å²) in [4.78, 5) is 2.45. The third kappa shape index (κ3) is 5.18. The standard InChI is InChI=1S/C18H22O2S2/c1-19-15-9-3-5-11-17(15)21-13-7-8-14-22-18-12-6-4-10-16(18)20-2/h3-6,9-12H,7-8,13-14H2,1-2H3. The lowest BCUT2D eigenvalue weighted by Crippen LogP contribution is -1.89. The summed E-state index contributed by atoms with van der Waals surface area (Å²) in [6, 6.07) is 16.4. The van der Waals surface area contributed by atoms with Crippen LogP contribution in [-0.4, -0.2) is 25.7 Å². The molecule has 0 spiro atoms. The van der Waals surface area contributed by atoms with Gasteiger partial charge in [0.2, 0.25) is 0 Å². The fourth-order valence-corrected chi connectivity index (χ4v) is 4.12. The van der Waals surface area contributed by atoms with E-state index >= 15 is 0 Å². The lowest BCUT2D eigenvalue weighted by atomic mass is 10.3. The highest BCUT2D eigenvalue weighted by atomic mass is 32.2. The summed E-state index contributed by atoms with van der Waals surface area (Å²) in [7, 11) is 3.45. The van der Waals surface area contributed by atoms with Gasteiger partial charge in [0, 0.05) is 9.79 Å². The van der Waals surface area contributed by atoms with Gasteiger partial charge in [0.15, 0.2) is 0 Å². The molecule has 0 heterocycles. The highest BCUT2D eigenvalue weighted by Crippen LogP contribution is 2.31.